The molecule has 3 nitrogen and oxygen atoms in total. The molecular weight excluding hydrogens is 271 g/mol. The van der Waals surface area contributed by atoms with E-state index < -0.39 is 18.5 Å². The highest BCUT2D eigenvalue weighted by molar-refractivity contribution is 5.76. The van der Waals surface area contributed by atoms with Crippen LogP contribution in [0, 0.1) is 0 Å². The third-order valence-corrected chi connectivity index (χ3v) is 2.43. The number of rotatable bonds is 6. The predicted octanol–water partition coefficient (Wildman–Crippen LogP) is 3.18. The molecule has 0 bridgehead atoms. The summed E-state index contributed by atoms with van der Waals surface area (Å²) in [6, 6.07) is 7.19. The zero-order valence-corrected chi connectivity index (χ0v) is 11.5. The molecule has 0 aliphatic heterocycles. The molecule has 1 aromatic carbocycles. The Morgan fingerprint density at radius 2 is 1.95 bits per heavy atom. The van der Waals surface area contributed by atoms with Gasteiger partial charge in [-0.25, -0.2) is 0 Å². The van der Waals surface area contributed by atoms with Gasteiger partial charge in [-0.3, -0.25) is 4.79 Å². The molecule has 0 aliphatic rings. The topological polar surface area (TPSA) is 38.3 Å². The van der Waals surface area contributed by atoms with Gasteiger partial charge in [0.2, 0.25) is 5.91 Å². The lowest BCUT2D eigenvalue weighted by Crippen LogP contribution is -2.28. The molecule has 0 aromatic heterocycles. The molecule has 0 heterocycles. The summed E-state index contributed by atoms with van der Waals surface area (Å²) in [4.78, 5) is 11.1. The van der Waals surface area contributed by atoms with E-state index in [2.05, 4.69) is 5.32 Å². The number of halogens is 3. The van der Waals surface area contributed by atoms with Crippen LogP contribution in [0.3, 0.4) is 0 Å². The van der Waals surface area contributed by atoms with Gasteiger partial charge in [-0.15, -0.1) is 0 Å². The van der Waals surface area contributed by atoms with Crippen LogP contribution in [0.5, 0.6) is 0 Å². The van der Waals surface area contributed by atoms with Crippen LogP contribution in [-0.4, -0.2) is 18.2 Å². The second-order valence-electron chi connectivity index (χ2n) is 4.75. The van der Waals surface area contributed by atoms with Crippen molar-refractivity contribution in [2.24, 2.45) is 0 Å². The standard InChI is InChI=1S/C14H18F3NO2/c1-10(2)20-9-12-5-3-4-11(6-12)8-18-13(19)7-14(15,16)17/h3-6,10H,7-9H2,1-2H3,(H,18,19). The second-order valence-corrected chi connectivity index (χ2v) is 4.75. The summed E-state index contributed by atoms with van der Waals surface area (Å²) < 4.78 is 41.4. The third-order valence-electron chi connectivity index (χ3n) is 2.43. The summed E-state index contributed by atoms with van der Waals surface area (Å²) in [6.07, 6.45) is -5.83. The Kier molecular flexibility index (Phi) is 6.01. The van der Waals surface area contributed by atoms with Gasteiger partial charge in [0.05, 0.1) is 12.7 Å². The van der Waals surface area contributed by atoms with Crippen LogP contribution in [0.15, 0.2) is 24.3 Å². The molecule has 0 aliphatic carbocycles. The number of alkyl halides is 3. The van der Waals surface area contributed by atoms with Gasteiger partial charge in [-0.1, -0.05) is 24.3 Å². The summed E-state index contributed by atoms with van der Waals surface area (Å²) in [5.74, 6) is -1.03. The number of nitrogens with one attached hydrogen (secondary N) is 1. The Morgan fingerprint density at radius 1 is 1.30 bits per heavy atom. The van der Waals surface area contributed by atoms with Gasteiger partial charge >= 0.3 is 6.18 Å². The largest absolute Gasteiger partial charge is 0.397 e. The fourth-order valence-corrected chi connectivity index (χ4v) is 1.54. The molecule has 1 amide bonds. The number of amides is 1. The summed E-state index contributed by atoms with van der Waals surface area (Å²) in [6.45, 7) is 4.34. The number of carbonyl (C=O) groups excluding carboxylic acids is 1. The van der Waals surface area contributed by atoms with Crippen molar-refractivity contribution >= 4 is 5.91 Å². The first-order valence-electron chi connectivity index (χ1n) is 6.29. The van der Waals surface area contributed by atoms with Crippen LogP contribution in [0.25, 0.3) is 0 Å². The van der Waals surface area contributed by atoms with E-state index in [1.807, 2.05) is 19.9 Å². The monoisotopic (exact) mass is 289 g/mol. The molecule has 1 rings (SSSR count). The Hall–Kier alpha value is -1.56. The zero-order valence-electron chi connectivity index (χ0n) is 11.5. The highest BCUT2D eigenvalue weighted by atomic mass is 19.4. The number of carbonyl (C=O) groups is 1. The van der Waals surface area contributed by atoms with Crippen molar-refractivity contribution in [3.63, 3.8) is 0 Å². The van der Waals surface area contributed by atoms with Gasteiger partial charge in [-0.05, 0) is 25.0 Å². The molecule has 0 saturated carbocycles. The highest BCUT2D eigenvalue weighted by Gasteiger charge is 2.30. The van der Waals surface area contributed by atoms with E-state index in [0.717, 1.165) is 11.1 Å². The van der Waals surface area contributed by atoms with E-state index in [-0.39, 0.29) is 12.6 Å². The molecule has 0 spiro atoms. The molecule has 0 saturated heterocycles. The van der Waals surface area contributed by atoms with E-state index in [1.165, 1.54) is 0 Å². The smallest absolute Gasteiger partial charge is 0.374 e. The Labute approximate surface area is 116 Å². The molecule has 1 aromatic rings. The highest BCUT2D eigenvalue weighted by Crippen LogP contribution is 2.19. The lowest BCUT2D eigenvalue weighted by molar-refractivity contribution is -0.153. The van der Waals surface area contributed by atoms with Crippen molar-refractivity contribution in [3.8, 4) is 0 Å². The van der Waals surface area contributed by atoms with Crippen molar-refractivity contribution in [2.75, 3.05) is 0 Å². The lowest BCUT2D eigenvalue weighted by Gasteiger charge is -2.10. The van der Waals surface area contributed by atoms with Gasteiger partial charge in [0, 0.05) is 6.54 Å². The van der Waals surface area contributed by atoms with Gasteiger partial charge in [0.1, 0.15) is 6.42 Å². The molecule has 0 fully saturated rings. The maximum atomic E-state index is 12.0. The van der Waals surface area contributed by atoms with Crippen molar-refractivity contribution < 1.29 is 22.7 Å². The van der Waals surface area contributed by atoms with Crippen molar-refractivity contribution in [3.05, 3.63) is 35.4 Å². The summed E-state index contributed by atoms with van der Waals surface area (Å²) in [5.41, 5.74) is 1.66. The van der Waals surface area contributed by atoms with Crippen LogP contribution in [0.2, 0.25) is 0 Å². The summed E-state index contributed by atoms with van der Waals surface area (Å²) >= 11 is 0. The van der Waals surface area contributed by atoms with Crippen LogP contribution < -0.4 is 5.32 Å². The normalized spacial score (nSPS) is 11.7. The van der Waals surface area contributed by atoms with Gasteiger partial charge in [0.25, 0.3) is 0 Å². The SMILES string of the molecule is CC(C)OCc1cccc(CNC(=O)CC(F)(F)F)c1. The van der Waals surface area contributed by atoms with Gasteiger partial charge < -0.3 is 10.1 Å². The van der Waals surface area contributed by atoms with E-state index in [4.69, 9.17) is 4.74 Å². The van der Waals surface area contributed by atoms with Crippen LogP contribution in [-0.2, 0) is 22.7 Å². The molecule has 1 N–H and O–H groups in total. The van der Waals surface area contributed by atoms with Crippen LogP contribution in [0.4, 0.5) is 13.2 Å². The van der Waals surface area contributed by atoms with Crippen LogP contribution >= 0.6 is 0 Å². The molecule has 6 heteroatoms. The van der Waals surface area contributed by atoms with Crippen molar-refractivity contribution in [1.82, 2.24) is 5.32 Å². The maximum Gasteiger partial charge on any atom is 0.397 e. The Balaban J connectivity index is 2.48. The third kappa shape index (κ3) is 7.13. The van der Waals surface area contributed by atoms with Gasteiger partial charge in [0.15, 0.2) is 0 Å². The number of benzene rings is 1. The zero-order chi connectivity index (χ0) is 15.2. The Bertz CT molecular complexity index is 444. The first-order chi connectivity index (χ1) is 9.26. The minimum Gasteiger partial charge on any atom is -0.374 e. The summed E-state index contributed by atoms with van der Waals surface area (Å²) in [5, 5.41) is 2.25. The fraction of sp³-hybridized carbons (Fsp3) is 0.500. The molecule has 0 unspecified atom stereocenters. The molecule has 0 atom stereocenters. The Morgan fingerprint density at radius 3 is 2.55 bits per heavy atom. The van der Waals surface area contributed by atoms with E-state index >= 15 is 0 Å². The van der Waals surface area contributed by atoms with E-state index in [9.17, 15) is 18.0 Å². The lowest BCUT2D eigenvalue weighted by atomic mass is 10.1. The fourth-order valence-electron chi connectivity index (χ4n) is 1.54. The van der Waals surface area contributed by atoms with Crippen molar-refractivity contribution in [1.29, 1.82) is 0 Å². The minimum absolute atomic E-state index is 0.0738. The molecule has 112 valence electrons. The number of hydrogen-bond acceptors (Lipinski definition) is 2. The first kappa shape index (κ1) is 16.5. The second kappa shape index (κ2) is 7.28. The molecule has 20 heavy (non-hydrogen) atoms. The molecular formula is C14H18F3NO2. The quantitative estimate of drug-likeness (QED) is 0.873. The van der Waals surface area contributed by atoms with Crippen LogP contribution in [0.1, 0.15) is 31.4 Å². The maximum absolute atomic E-state index is 12.0. The summed E-state index contributed by atoms with van der Waals surface area (Å²) in [7, 11) is 0. The minimum atomic E-state index is -4.48. The van der Waals surface area contributed by atoms with E-state index in [1.54, 1.807) is 18.2 Å². The van der Waals surface area contributed by atoms with Gasteiger partial charge in [-0.2, -0.15) is 13.2 Å². The number of ether oxygens (including phenoxy) is 1. The average molecular weight is 289 g/mol. The van der Waals surface area contributed by atoms with Crippen molar-refractivity contribution in [2.45, 2.75) is 45.7 Å². The average Bonchev–Trinajstić information content (AvgIpc) is 2.32. The van der Waals surface area contributed by atoms with E-state index in [0.29, 0.717) is 6.61 Å². The first-order valence-corrected chi connectivity index (χ1v) is 6.29. The predicted molar refractivity (Wildman–Crippen MR) is 68.9 cm³/mol. The number of hydrogen-bond donors (Lipinski definition) is 1. The molecule has 0 radical (unpaired) electrons.